The number of carboxylic acid groups (broad SMARTS) is 1. The van der Waals surface area contributed by atoms with E-state index in [1.165, 1.54) is 12.1 Å². The Kier molecular flexibility index (Phi) is 3.70. The summed E-state index contributed by atoms with van der Waals surface area (Å²) < 4.78 is 15.7. The molecule has 0 fully saturated rings. The van der Waals surface area contributed by atoms with E-state index >= 15 is 0 Å². The van der Waals surface area contributed by atoms with Gasteiger partial charge in [0.25, 0.3) is 0 Å². The molecule has 0 atom stereocenters. The molecule has 4 nitrogen and oxygen atoms in total. The summed E-state index contributed by atoms with van der Waals surface area (Å²) in [5, 5.41) is 9.04. The van der Waals surface area contributed by atoms with E-state index in [2.05, 4.69) is 4.98 Å². The summed E-state index contributed by atoms with van der Waals surface area (Å²) in [6, 6.07) is 13.1. The normalized spacial score (nSPS) is 10.6. The van der Waals surface area contributed by atoms with Crippen LogP contribution in [0.4, 0.5) is 4.39 Å². The summed E-state index contributed by atoms with van der Waals surface area (Å²) >= 11 is 0. The van der Waals surface area contributed by atoms with Crippen LogP contribution < -0.4 is 0 Å². The van der Waals surface area contributed by atoms with Crippen molar-refractivity contribution in [2.45, 2.75) is 6.54 Å². The van der Waals surface area contributed by atoms with Gasteiger partial charge >= 0.3 is 5.97 Å². The number of rotatable bonds is 4. The Labute approximate surface area is 126 Å². The number of imidazole rings is 1. The van der Waals surface area contributed by atoms with Gasteiger partial charge in [0.1, 0.15) is 11.6 Å². The van der Waals surface area contributed by atoms with E-state index < -0.39 is 5.97 Å². The standard InChI is InChI=1S/C17H13FN2O2/c18-15-7-2-1-6-14(15)16-19-8-9-20(16)11-12-4-3-5-13(10-12)17(21)22/h1-10H,11H2,(H,21,22). The second kappa shape index (κ2) is 5.81. The molecule has 0 unspecified atom stereocenters. The molecule has 110 valence electrons. The molecule has 1 N–H and O–H groups in total. The molecule has 0 spiro atoms. The van der Waals surface area contributed by atoms with Crippen molar-refractivity contribution >= 4 is 5.97 Å². The van der Waals surface area contributed by atoms with Gasteiger partial charge in [0.2, 0.25) is 0 Å². The van der Waals surface area contributed by atoms with Crippen molar-refractivity contribution in [1.29, 1.82) is 0 Å². The maximum absolute atomic E-state index is 13.9. The van der Waals surface area contributed by atoms with Gasteiger partial charge in [0, 0.05) is 18.9 Å². The van der Waals surface area contributed by atoms with E-state index in [-0.39, 0.29) is 11.4 Å². The number of hydrogen-bond donors (Lipinski definition) is 1. The van der Waals surface area contributed by atoms with Crippen molar-refractivity contribution in [3.8, 4) is 11.4 Å². The van der Waals surface area contributed by atoms with Crippen LogP contribution >= 0.6 is 0 Å². The summed E-state index contributed by atoms with van der Waals surface area (Å²) in [5.41, 5.74) is 1.46. The van der Waals surface area contributed by atoms with Crippen molar-refractivity contribution < 1.29 is 14.3 Å². The van der Waals surface area contributed by atoms with Gasteiger partial charge in [-0.1, -0.05) is 24.3 Å². The molecule has 0 saturated heterocycles. The smallest absolute Gasteiger partial charge is 0.335 e. The zero-order chi connectivity index (χ0) is 15.5. The van der Waals surface area contributed by atoms with Crippen LogP contribution in [0.1, 0.15) is 15.9 Å². The molecular weight excluding hydrogens is 283 g/mol. The second-order valence-corrected chi connectivity index (χ2v) is 4.86. The highest BCUT2D eigenvalue weighted by molar-refractivity contribution is 5.87. The number of aromatic carboxylic acids is 1. The van der Waals surface area contributed by atoms with Gasteiger partial charge in [-0.2, -0.15) is 0 Å². The minimum absolute atomic E-state index is 0.227. The van der Waals surface area contributed by atoms with Crippen molar-refractivity contribution in [2.75, 3.05) is 0 Å². The SMILES string of the molecule is O=C(O)c1cccc(Cn2ccnc2-c2ccccc2F)c1. The highest BCUT2D eigenvalue weighted by atomic mass is 19.1. The van der Waals surface area contributed by atoms with E-state index in [0.29, 0.717) is 17.9 Å². The third-order valence-electron chi connectivity index (χ3n) is 3.36. The molecule has 0 radical (unpaired) electrons. The average molecular weight is 296 g/mol. The maximum atomic E-state index is 13.9. The molecule has 0 aliphatic rings. The number of benzene rings is 2. The summed E-state index contributed by atoms with van der Waals surface area (Å²) in [4.78, 5) is 15.2. The average Bonchev–Trinajstić information content (AvgIpc) is 2.96. The Morgan fingerprint density at radius 3 is 2.77 bits per heavy atom. The predicted molar refractivity (Wildman–Crippen MR) is 80.1 cm³/mol. The first-order chi connectivity index (χ1) is 10.6. The van der Waals surface area contributed by atoms with Crippen molar-refractivity contribution in [2.24, 2.45) is 0 Å². The van der Waals surface area contributed by atoms with E-state index in [1.54, 1.807) is 47.3 Å². The number of carbonyl (C=O) groups is 1. The largest absolute Gasteiger partial charge is 0.478 e. The summed E-state index contributed by atoms with van der Waals surface area (Å²) in [5.74, 6) is -0.796. The molecule has 5 heteroatoms. The molecule has 0 saturated carbocycles. The quantitative estimate of drug-likeness (QED) is 0.802. The van der Waals surface area contributed by atoms with Crippen LogP contribution in [-0.4, -0.2) is 20.6 Å². The van der Waals surface area contributed by atoms with Crippen LogP contribution in [0.3, 0.4) is 0 Å². The fraction of sp³-hybridized carbons (Fsp3) is 0.0588. The van der Waals surface area contributed by atoms with Crippen molar-refractivity contribution in [1.82, 2.24) is 9.55 Å². The molecule has 1 heterocycles. The Morgan fingerprint density at radius 2 is 2.00 bits per heavy atom. The van der Waals surface area contributed by atoms with E-state index in [9.17, 15) is 9.18 Å². The molecule has 3 rings (SSSR count). The Balaban J connectivity index is 1.95. The lowest BCUT2D eigenvalue weighted by molar-refractivity contribution is 0.0696. The Hall–Kier alpha value is -2.95. The van der Waals surface area contributed by atoms with Crippen LogP contribution in [-0.2, 0) is 6.54 Å². The molecule has 0 amide bonds. The molecular formula is C17H13FN2O2. The van der Waals surface area contributed by atoms with Gasteiger partial charge in [-0.15, -0.1) is 0 Å². The zero-order valence-corrected chi connectivity index (χ0v) is 11.6. The van der Waals surface area contributed by atoms with Crippen molar-refractivity contribution in [3.63, 3.8) is 0 Å². The third-order valence-corrected chi connectivity index (χ3v) is 3.36. The molecule has 3 aromatic rings. The first kappa shape index (κ1) is 14.0. The van der Waals surface area contributed by atoms with Gasteiger partial charge < -0.3 is 9.67 Å². The predicted octanol–water partition coefficient (Wildman–Crippen LogP) is 3.44. The summed E-state index contributed by atoms with van der Waals surface area (Å²) in [6.07, 6.45) is 3.35. The number of halogens is 1. The van der Waals surface area contributed by atoms with Crippen LogP contribution in [0.25, 0.3) is 11.4 Å². The highest BCUT2D eigenvalue weighted by Gasteiger charge is 2.11. The second-order valence-electron chi connectivity index (χ2n) is 4.86. The van der Waals surface area contributed by atoms with Gasteiger partial charge in [-0.05, 0) is 29.8 Å². The fourth-order valence-corrected chi connectivity index (χ4v) is 2.32. The lowest BCUT2D eigenvalue weighted by atomic mass is 10.1. The third kappa shape index (κ3) is 2.74. The first-order valence-electron chi connectivity index (χ1n) is 6.73. The first-order valence-corrected chi connectivity index (χ1v) is 6.73. The highest BCUT2D eigenvalue weighted by Crippen LogP contribution is 2.21. The van der Waals surface area contributed by atoms with Crippen LogP contribution in [0, 0.1) is 5.82 Å². The van der Waals surface area contributed by atoms with Crippen LogP contribution in [0.2, 0.25) is 0 Å². The Morgan fingerprint density at radius 1 is 1.18 bits per heavy atom. The number of carboxylic acids is 1. The topological polar surface area (TPSA) is 55.1 Å². The van der Waals surface area contributed by atoms with Crippen LogP contribution in [0.5, 0.6) is 0 Å². The van der Waals surface area contributed by atoms with Gasteiger partial charge in [-0.3, -0.25) is 0 Å². The zero-order valence-electron chi connectivity index (χ0n) is 11.6. The summed E-state index contributed by atoms with van der Waals surface area (Å²) in [6.45, 7) is 0.421. The molecule has 2 aromatic carbocycles. The van der Waals surface area contributed by atoms with E-state index in [4.69, 9.17) is 5.11 Å². The minimum Gasteiger partial charge on any atom is -0.478 e. The van der Waals surface area contributed by atoms with Gasteiger partial charge in [0.05, 0.1) is 11.1 Å². The monoisotopic (exact) mass is 296 g/mol. The lowest BCUT2D eigenvalue weighted by Crippen LogP contribution is -2.04. The van der Waals surface area contributed by atoms with Gasteiger partial charge in [-0.25, -0.2) is 14.2 Å². The molecule has 22 heavy (non-hydrogen) atoms. The lowest BCUT2D eigenvalue weighted by Gasteiger charge is -2.09. The number of nitrogens with zero attached hydrogens (tertiary/aromatic N) is 2. The molecule has 0 aliphatic carbocycles. The van der Waals surface area contributed by atoms with Crippen LogP contribution in [0.15, 0.2) is 60.9 Å². The minimum atomic E-state index is -0.971. The summed E-state index contributed by atoms with van der Waals surface area (Å²) in [7, 11) is 0. The maximum Gasteiger partial charge on any atom is 0.335 e. The molecule has 0 bridgehead atoms. The van der Waals surface area contributed by atoms with E-state index in [0.717, 1.165) is 5.56 Å². The van der Waals surface area contributed by atoms with E-state index in [1.807, 2.05) is 6.07 Å². The molecule has 1 aromatic heterocycles. The van der Waals surface area contributed by atoms with Gasteiger partial charge in [0.15, 0.2) is 0 Å². The number of aromatic nitrogens is 2. The fourth-order valence-electron chi connectivity index (χ4n) is 2.32. The number of hydrogen-bond acceptors (Lipinski definition) is 2. The van der Waals surface area contributed by atoms with Crippen molar-refractivity contribution in [3.05, 3.63) is 77.9 Å². The Bertz CT molecular complexity index is 827. The molecule has 0 aliphatic heterocycles.